The summed E-state index contributed by atoms with van der Waals surface area (Å²) >= 11 is 0. The molecule has 2 aromatic carbocycles. The van der Waals surface area contributed by atoms with Gasteiger partial charge >= 0.3 is 6.03 Å². The van der Waals surface area contributed by atoms with Gasteiger partial charge in [0.05, 0.1) is 12.5 Å². The molecule has 166 valence electrons. The first-order valence-corrected chi connectivity index (χ1v) is 9.93. The predicted molar refractivity (Wildman–Crippen MR) is 112 cm³/mol. The van der Waals surface area contributed by atoms with Gasteiger partial charge in [-0.25, -0.2) is 9.18 Å². The number of aliphatic hydroxyl groups excluding tert-OH is 2. The number of benzene rings is 2. The lowest BCUT2D eigenvalue weighted by Crippen LogP contribution is -2.41. The van der Waals surface area contributed by atoms with Crippen LogP contribution in [-0.2, 0) is 16.1 Å². The van der Waals surface area contributed by atoms with Crippen LogP contribution < -0.4 is 10.6 Å². The number of anilines is 1. The molecule has 1 saturated heterocycles. The van der Waals surface area contributed by atoms with E-state index in [2.05, 4.69) is 10.6 Å². The third-order valence-corrected chi connectivity index (χ3v) is 5.07. The summed E-state index contributed by atoms with van der Waals surface area (Å²) < 4.78 is 18.8. The third kappa shape index (κ3) is 6.24. The molecule has 8 nitrogen and oxygen atoms in total. The second-order valence-corrected chi connectivity index (χ2v) is 7.48. The maximum absolute atomic E-state index is 13.2. The van der Waals surface area contributed by atoms with Crippen molar-refractivity contribution in [1.82, 2.24) is 10.2 Å². The van der Waals surface area contributed by atoms with Crippen LogP contribution in [0.4, 0.5) is 14.9 Å². The maximum atomic E-state index is 13.2. The van der Waals surface area contributed by atoms with E-state index >= 15 is 0 Å². The van der Waals surface area contributed by atoms with Gasteiger partial charge in [0, 0.05) is 25.8 Å². The Morgan fingerprint density at radius 1 is 1.06 bits per heavy atom. The molecule has 4 N–H and O–H groups in total. The number of halogens is 1. The summed E-state index contributed by atoms with van der Waals surface area (Å²) in [5, 5.41) is 25.5. The van der Waals surface area contributed by atoms with E-state index in [9.17, 15) is 24.2 Å². The van der Waals surface area contributed by atoms with E-state index < -0.39 is 36.3 Å². The molecule has 1 fully saturated rings. The SMILES string of the molecule is CN(Cc1ccccc1)C(=O)C[C@H]1O[C@H](CNC(=O)Nc2cccc(F)c2)[C@@H](O)[C@H]1O. The zero-order valence-electron chi connectivity index (χ0n) is 17.1. The van der Waals surface area contributed by atoms with Crippen LogP contribution in [0.15, 0.2) is 54.6 Å². The van der Waals surface area contributed by atoms with Gasteiger partial charge in [0.15, 0.2) is 0 Å². The van der Waals surface area contributed by atoms with Gasteiger partial charge in [0.25, 0.3) is 0 Å². The van der Waals surface area contributed by atoms with E-state index in [1.807, 2.05) is 30.3 Å². The number of rotatable bonds is 7. The van der Waals surface area contributed by atoms with Crippen molar-refractivity contribution < 1.29 is 28.9 Å². The minimum absolute atomic E-state index is 0.0933. The molecule has 2 aromatic rings. The molecule has 0 bridgehead atoms. The van der Waals surface area contributed by atoms with Crippen LogP contribution in [0, 0.1) is 5.82 Å². The van der Waals surface area contributed by atoms with Gasteiger partial charge in [-0.05, 0) is 23.8 Å². The van der Waals surface area contributed by atoms with E-state index in [0.717, 1.165) is 11.6 Å². The van der Waals surface area contributed by atoms with Gasteiger partial charge in [-0.3, -0.25) is 4.79 Å². The average Bonchev–Trinajstić information content (AvgIpc) is 3.01. The average molecular weight is 431 g/mol. The Balaban J connectivity index is 1.47. The summed E-state index contributed by atoms with van der Waals surface area (Å²) in [6, 6.07) is 14.3. The summed E-state index contributed by atoms with van der Waals surface area (Å²) in [5.41, 5.74) is 1.24. The first kappa shape index (κ1) is 22.7. The number of nitrogens with one attached hydrogen (secondary N) is 2. The largest absolute Gasteiger partial charge is 0.388 e. The van der Waals surface area contributed by atoms with E-state index in [1.54, 1.807) is 7.05 Å². The van der Waals surface area contributed by atoms with Gasteiger partial charge in [0.2, 0.25) is 5.91 Å². The summed E-state index contributed by atoms with van der Waals surface area (Å²) in [7, 11) is 1.66. The number of nitrogens with zero attached hydrogens (tertiary/aromatic N) is 1. The van der Waals surface area contributed by atoms with Crippen LogP contribution in [0.2, 0.25) is 0 Å². The van der Waals surface area contributed by atoms with Gasteiger partial charge in [-0.2, -0.15) is 0 Å². The van der Waals surface area contributed by atoms with E-state index in [4.69, 9.17) is 4.74 Å². The van der Waals surface area contributed by atoms with Gasteiger partial charge in [-0.15, -0.1) is 0 Å². The van der Waals surface area contributed by atoms with Gasteiger partial charge in [-0.1, -0.05) is 36.4 Å². The zero-order chi connectivity index (χ0) is 22.4. The van der Waals surface area contributed by atoms with Gasteiger partial charge < -0.3 is 30.5 Å². The lowest BCUT2D eigenvalue weighted by molar-refractivity contribution is -0.134. The number of hydrogen-bond acceptors (Lipinski definition) is 5. The Labute approximate surface area is 179 Å². The minimum Gasteiger partial charge on any atom is -0.388 e. The quantitative estimate of drug-likeness (QED) is 0.531. The van der Waals surface area contributed by atoms with Crippen LogP contribution in [-0.4, -0.2) is 65.1 Å². The normalized spacial score (nSPS) is 22.7. The summed E-state index contributed by atoms with van der Waals surface area (Å²) in [6.07, 6.45) is -4.39. The number of amides is 3. The first-order valence-electron chi connectivity index (χ1n) is 9.93. The molecule has 9 heteroatoms. The lowest BCUT2D eigenvalue weighted by Gasteiger charge is -2.21. The highest BCUT2D eigenvalue weighted by molar-refractivity contribution is 5.89. The molecule has 1 aliphatic rings. The van der Waals surface area contributed by atoms with Crippen LogP contribution in [0.25, 0.3) is 0 Å². The van der Waals surface area contributed by atoms with Crippen molar-refractivity contribution in [2.24, 2.45) is 0 Å². The Morgan fingerprint density at radius 3 is 2.48 bits per heavy atom. The van der Waals surface area contributed by atoms with Crippen LogP contribution >= 0.6 is 0 Å². The van der Waals surface area contributed by atoms with Crippen molar-refractivity contribution in [3.8, 4) is 0 Å². The van der Waals surface area contributed by atoms with Crippen molar-refractivity contribution >= 4 is 17.6 Å². The highest BCUT2D eigenvalue weighted by atomic mass is 19.1. The molecule has 0 radical (unpaired) electrons. The van der Waals surface area contributed by atoms with Crippen LogP contribution in [0.1, 0.15) is 12.0 Å². The number of carbonyl (C=O) groups is 2. The molecular formula is C22H26FN3O5. The molecule has 0 unspecified atom stereocenters. The Morgan fingerprint density at radius 2 is 1.77 bits per heavy atom. The van der Waals surface area contributed by atoms with Gasteiger partial charge in [0.1, 0.15) is 24.1 Å². The van der Waals surface area contributed by atoms with Crippen molar-refractivity contribution in [2.45, 2.75) is 37.4 Å². The fourth-order valence-corrected chi connectivity index (χ4v) is 3.37. The molecule has 3 rings (SSSR count). The first-order chi connectivity index (χ1) is 14.8. The van der Waals surface area contributed by atoms with E-state index in [1.165, 1.54) is 23.1 Å². The van der Waals surface area contributed by atoms with Crippen LogP contribution in [0.5, 0.6) is 0 Å². The number of ether oxygens (including phenoxy) is 1. The number of urea groups is 1. The fourth-order valence-electron chi connectivity index (χ4n) is 3.37. The number of carbonyl (C=O) groups excluding carboxylic acids is 2. The van der Waals surface area contributed by atoms with Crippen molar-refractivity contribution in [1.29, 1.82) is 0 Å². The molecule has 0 aliphatic carbocycles. The number of aliphatic hydroxyl groups is 2. The highest BCUT2D eigenvalue weighted by Gasteiger charge is 2.43. The monoisotopic (exact) mass is 431 g/mol. The Bertz CT molecular complexity index is 898. The lowest BCUT2D eigenvalue weighted by atomic mass is 10.0. The standard InChI is InChI=1S/C22H26FN3O5/c1-26(13-14-6-3-2-4-7-14)19(27)11-17-20(28)21(29)18(31-17)12-24-22(30)25-16-9-5-8-15(23)10-16/h2-10,17-18,20-21,28-29H,11-13H2,1H3,(H2,24,25,30)/t17-,18-,20+,21-/m1/s1. The van der Waals surface area contributed by atoms with Crippen molar-refractivity contribution in [2.75, 3.05) is 18.9 Å². The summed E-state index contributed by atoms with van der Waals surface area (Å²) in [5.74, 6) is -0.724. The molecule has 3 amide bonds. The Kier molecular flexibility index (Phi) is 7.56. The second-order valence-electron chi connectivity index (χ2n) is 7.48. The molecule has 0 saturated carbocycles. The topological polar surface area (TPSA) is 111 Å². The summed E-state index contributed by atoms with van der Waals surface area (Å²) in [4.78, 5) is 26.0. The molecule has 31 heavy (non-hydrogen) atoms. The fraction of sp³-hybridized carbons (Fsp3) is 0.364. The molecule has 0 spiro atoms. The maximum Gasteiger partial charge on any atom is 0.319 e. The molecule has 1 heterocycles. The summed E-state index contributed by atoms with van der Waals surface area (Å²) in [6.45, 7) is 0.320. The predicted octanol–water partition coefficient (Wildman–Crippen LogP) is 1.49. The van der Waals surface area contributed by atoms with E-state index in [0.29, 0.717) is 6.54 Å². The molecular weight excluding hydrogens is 405 g/mol. The zero-order valence-corrected chi connectivity index (χ0v) is 17.1. The van der Waals surface area contributed by atoms with Crippen molar-refractivity contribution in [3.05, 3.63) is 66.0 Å². The third-order valence-electron chi connectivity index (χ3n) is 5.07. The van der Waals surface area contributed by atoms with Crippen LogP contribution in [0.3, 0.4) is 0 Å². The second kappa shape index (κ2) is 10.3. The number of hydrogen-bond donors (Lipinski definition) is 4. The molecule has 4 atom stereocenters. The van der Waals surface area contributed by atoms with E-state index in [-0.39, 0.29) is 24.6 Å². The molecule has 0 aromatic heterocycles. The molecule has 1 aliphatic heterocycles. The highest BCUT2D eigenvalue weighted by Crippen LogP contribution is 2.24. The minimum atomic E-state index is -1.26. The van der Waals surface area contributed by atoms with Crippen molar-refractivity contribution in [3.63, 3.8) is 0 Å². The Hall–Kier alpha value is -3.01. The smallest absolute Gasteiger partial charge is 0.319 e.